The molecule has 0 spiro atoms. The Bertz CT molecular complexity index is 162. The molecule has 1 aromatic rings. The van der Waals surface area contributed by atoms with Crippen LogP contribution in [0.4, 0.5) is 0 Å². The molecule has 0 aliphatic rings. The zero-order valence-corrected chi connectivity index (χ0v) is 6.83. The SMILES string of the molecule is CO.NCCc1ccccc1. The summed E-state index contributed by atoms with van der Waals surface area (Å²) < 4.78 is 0. The molecule has 0 unspecified atom stereocenters. The lowest BCUT2D eigenvalue weighted by atomic mass is 10.2. The molecule has 2 heteroatoms. The summed E-state index contributed by atoms with van der Waals surface area (Å²) in [5, 5.41) is 7.00. The van der Waals surface area contributed by atoms with Crippen LogP contribution in [0.3, 0.4) is 0 Å². The van der Waals surface area contributed by atoms with Gasteiger partial charge in [-0.2, -0.15) is 0 Å². The van der Waals surface area contributed by atoms with E-state index in [4.69, 9.17) is 10.8 Å². The number of rotatable bonds is 2. The summed E-state index contributed by atoms with van der Waals surface area (Å²) in [4.78, 5) is 0. The Morgan fingerprint density at radius 3 is 2.18 bits per heavy atom. The fourth-order valence-electron chi connectivity index (χ4n) is 0.811. The maximum Gasteiger partial charge on any atom is 0.0319 e. The molecule has 0 saturated carbocycles. The molecule has 0 saturated heterocycles. The summed E-state index contributed by atoms with van der Waals surface area (Å²) in [6.07, 6.45) is 0.987. The van der Waals surface area contributed by atoms with Gasteiger partial charge in [-0.3, -0.25) is 0 Å². The van der Waals surface area contributed by atoms with Crippen LogP contribution in [0.1, 0.15) is 5.56 Å². The third-order valence-electron chi connectivity index (χ3n) is 1.28. The number of nitrogens with two attached hydrogens (primary N) is 1. The normalized spacial score (nSPS) is 8.27. The summed E-state index contributed by atoms with van der Waals surface area (Å²) in [6.45, 7) is 0.740. The van der Waals surface area contributed by atoms with Gasteiger partial charge in [0.2, 0.25) is 0 Å². The zero-order valence-electron chi connectivity index (χ0n) is 6.83. The average molecular weight is 153 g/mol. The van der Waals surface area contributed by atoms with Crippen LogP contribution >= 0.6 is 0 Å². The molecule has 0 radical (unpaired) electrons. The van der Waals surface area contributed by atoms with Crippen molar-refractivity contribution >= 4 is 0 Å². The van der Waals surface area contributed by atoms with Crippen molar-refractivity contribution in [1.29, 1.82) is 0 Å². The Morgan fingerprint density at radius 1 is 1.18 bits per heavy atom. The van der Waals surface area contributed by atoms with Gasteiger partial charge in [0.1, 0.15) is 0 Å². The highest BCUT2D eigenvalue weighted by Gasteiger charge is 1.84. The summed E-state index contributed by atoms with van der Waals surface area (Å²) >= 11 is 0. The van der Waals surface area contributed by atoms with Crippen molar-refractivity contribution in [2.45, 2.75) is 6.42 Å². The van der Waals surface area contributed by atoms with Gasteiger partial charge in [-0.1, -0.05) is 30.3 Å². The van der Waals surface area contributed by atoms with E-state index in [1.165, 1.54) is 5.56 Å². The van der Waals surface area contributed by atoms with E-state index in [1.807, 2.05) is 18.2 Å². The lowest BCUT2D eigenvalue weighted by molar-refractivity contribution is 0.399. The maximum absolute atomic E-state index is 7.00. The Morgan fingerprint density at radius 2 is 1.73 bits per heavy atom. The fraction of sp³-hybridized carbons (Fsp3) is 0.333. The Hall–Kier alpha value is -0.860. The average Bonchev–Trinajstić information content (AvgIpc) is 2.11. The van der Waals surface area contributed by atoms with Gasteiger partial charge in [0, 0.05) is 7.11 Å². The zero-order chi connectivity index (χ0) is 8.53. The third kappa shape index (κ3) is 4.53. The second kappa shape index (κ2) is 7.25. The monoisotopic (exact) mass is 153 g/mol. The van der Waals surface area contributed by atoms with Gasteiger partial charge < -0.3 is 10.8 Å². The number of hydrogen-bond donors (Lipinski definition) is 2. The Balaban J connectivity index is 0.000000461. The standard InChI is InChI=1S/C8H11N.CH4O/c9-7-6-8-4-2-1-3-5-8;1-2/h1-5H,6-7,9H2;2H,1H3. The molecule has 62 valence electrons. The predicted molar refractivity (Wildman–Crippen MR) is 47.3 cm³/mol. The van der Waals surface area contributed by atoms with Crippen molar-refractivity contribution in [2.75, 3.05) is 13.7 Å². The van der Waals surface area contributed by atoms with Crippen molar-refractivity contribution < 1.29 is 5.11 Å². The number of benzene rings is 1. The molecular formula is C9H15NO. The van der Waals surface area contributed by atoms with Crippen molar-refractivity contribution in [1.82, 2.24) is 0 Å². The van der Waals surface area contributed by atoms with Crippen molar-refractivity contribution in [3.05, 3.63) is 35.9 Å². The van der Waals surface area contributed by atoms with E-state index in [-0.39, 0.29) is 0 Å². The van der Waals surface area contributed by atoms with Gasteiger partial charge >= 0.3 is 0 Å². The van der Waals surface area contributed by atoms with Crippen LogP contribution < -0.4 is 5.73 Å². The summed E-state index contributed by atoms with van der Waals surface area (Å²) in [7, 11) is 1.00. The second-order valence-corrected chi connectivity index (χ2v) is 2.02. The largest absolute Gasteiger partial charge is 0.400 e. The third-order valence-corrected chi connectivity index (χ3v) is 1.28. The molecule has 0 aliphatic heterocycles. The van der Waals surface area contributed by atoms with E-state index in [1.54, 1.807) is 0 Å². The van der Waals surface area contributed by atoms with Gasteiger partial charge in [0.25, 0.3) is 0 Å². The van der Waals surface area contributed by atoms with E-state index >= 15 is 0 Å². The molecule has 0 aliphatic carbocycles. The molecule has 0 fully saturated rings. The molecular weight excluding hydrogens is 138 g/mol. The Labute approximate surface area is 67.7 Å². The van der Waals surface area contributed by atoms with E-state index in [2.05, 4.69) is 12.1 Å². The summed E-state index contributed by atoms with van der Waals surface area (Å²) in [5.41, 5.74) is 6.68. The first-order valence-electron chi connectivity index (χ1n) is 3.62. The van der Waals surface area contributed by atoms with Crippen molar-refractivity contribution in [3.8, 4) is 0 Å². The molecule has 3 N–H and O–H groups in total. The number of aliphatic hydroxyl groups is 1. The molecule has 0 bridgehead atoms. The first kappa shape index (κ1) is 10.1. The summed E-state index contributed by atoms with van der Waals surface area (Å²) in [5.74, 6) is 0. The van der Waals surface area contributed by atoms with Gasteiger partial charge in [0.15, 0.2) is 0 Å². The topological polar surface area (TPSA) is 46.2 Å². The molecule has 0 aromatic heterocycles. The van der Waals surface area contributed by atoms with Crippen molar-refractivity contribution in [2.24, 2.45) is 5.73 Å². The minimum atomic E-state index is 0.740. The highest BCUT2D eigenvalue weighted by atomic mass is 16.2. The fourth-order valence-corrected chi connectivity index (χ4v) is 0.811. The van der Waals surface area contributed by atoms with E-state index in [0.29, 0.717) is 0 Å². The van der Waals surface area contributed by atoms with E-state index < -0.39 is 0 Å². The van der Waals surface area contributed by atoms with Gasteiger partial charge in [-0.05, 0) is 18.5 Å². The van der Waals surface area contributed by atoms with E-state index in [9.17, 15) is 0 Å². The minimum Gasteiger partial charge on any atom is -0.400 e. The molecule has 0 atom stereocenters. The smallest absolute Gasteiger partial charge is 0.0319 e. The lowest BCUT2D eigenvalue weighted by Crippen LogP contribution is -2.01. The highest BCUT2D eigenvalue weighted by molar-refractivity contribution is 5.14. The van der Waals surface area contributed by atoms with Crippen LogP contribution in [-0.2, 0) is 6.42 Å². The maximum atomic E-state index is 7.00. The first-order chi connectivity index (χ1) is 5.43. The van der Waals surface area contributed by atoms with Crippen LogP contribution in [0, 0.1) is 0 Å². The lowest BCUT2D eigenvalue weighted by Gasteiger charge is -1.93. The molecule has 2 nitrogen and oxygen atoms in total. The van der Waals surface area contributed by atoms with Crippen LogP contribution in [0.2, 0.25) is 0 Å². The van der Waals surface area contributed by atoms with Crippen LogP contribution in [0.25, 0.3) is 0 Å². The van der Waals surface area contributed by atoms with E-state index in [0.717, 1.165) is 20.1 Å². The Kier molecular flexibility index (Phi) is 6.68. The van der Waals surface area contributed by atoms with Gasteiger partial charge in [-0.15, -0.1) is 0 Å². The molecule has 0 heterocycles. The van der Waals surface area contributed by atoms with Gasteiger partial charge in [-0.25, -0.2) is 0 Å². The minimum absolute atomic E-state index is 0.740. The van der Waals surface area contributed by atoms with Crippen molar-refractivity contribution in [3.63, 3.8) is 0 Å². The second-order valence-electron chi connectivity index (χ2n) is 2.02. The molecule has 11 heavy (non-hydrogen) atoms. The van der Waals surface area contributed by atoms with Crippen LogP contribution in [0.5, 0.6) is 0 Å². The van der Waals surface area contributed by atoms with Gasteiger partial charge in [0.05, 0.1) is 0 Å². The van der Waals surface area contributed by atoms with Crippen LogP contribution in [-0.4, -0.2) is 18.8 Å². The molecule has 1 aromatic carbocycles. The molecule has 1 rings (SSSR count). The number of hydrogen-bond acceptors (Lipinski definition) is 2. The number of aliphatic hydroxyl groups excluding tert-OH is 1. The predicted octanol–water partition coefficient (Wildman–Crippen LogP) is 0.796. The van der Waals surface area contributed by atoms with Crippen LogP contribution in [0.15, 0.2) is 30.3 Å². The first-order valence-corrected chi connectivity index (χ1v) is 3.62. The highest BCUT2D eigenvalue weighted by Crippen LogP contribution is 1.96. The summed E-state index contributed by atoms with van der Waals surface area (Å²) in [6, 6.07) is 10.3. The molecule has 0 amide bonds. The quantitative estimate of drug-likeness (QED) is 0.660.